The number of methoxy groups -OCH3 is 1. The first kappa shape index (κ1) is 18.2. The lowest BCUT2D eigenvalue weighted by Crippen LogP contribution is -2.31. The molecule has 0 bridgehead atoms. The number of sulfonamides is 1. The third-order valence-electron chi connectivity index (χ3n) is 4.05. The lowest BCUT2D eigenvalue weighted by molar-refractivity contribution is 0.390. The van der Waals surface area contributed by atoms with Gasteiger partial charge in [0, 0.05) is 19.4 Å². The molecule has 3 rings (SSSR count). The van der Waals surface area contributed by atoms with E-state index in [0.29, 0.717) is 22.8 Å². The van der Waals surface area contributed by atoms with Gasteiger partial charge in [-0.05, 0) is 31.5 Å². The minimum atomic E-state index is -3.89. The second-order valence-corrected chi connectivity index (χ2v) is 7.53. The van der Waals surface area contributed by atoms with Crippen LogP contribution in [0, 0.1) is 13.8 Å². The third kappa shape index (κ3) is 3.35. The SMILES string of the molecule is COc1cccc([C@@H](NS(=O)(=O)c2c(C)noc2C)c2nccn2C)c1. The van der Waals surface area contributed by atoms with Crippen LogP contribution in [0.2, 0.25) is 0 Å². The topological polar surface area (TPSA) is 99.2 Å². The van der Waals surface area contributed by atoms with Crippen LogP contribution in [0.4, 0.5) is 0 Å². The van der Waals surface area contributed by atoms with Crippen molar-refractivity contribution in [3.8, 4) is 5.75 Å². The van der Waals surface area contributed by atoms with Crippen LogP contribution in [0.3, 0.4) is 0 Å². The van der Waals surface area contributed by atoms with Crippen LogP contribution in [-0.2, 0) is 17.1 Å². The lowest BCUT2D eigenvalue weighted by Gasteiger charge is -2.19. The summed E-state index contributed by atoms with van der Waals surface area (Å²) in [7, 11) is -0.525. The summed E-state index contributed by atoms with van der Waals surface area (Å²) in [5, 5.41) is 3.74. The summed E-state index contributed by atoms with van der Waals surface area (Å²) in [6.45, 7) is 3.16. The number of nitrogens with zero attached hydrogens (tertiary/aromatic N) is 3. The van der Waals surface area contributed by atoms with Crippen molar-refractivity contribution in [3.63, 3.8) is 0 Å². The number of aryl methyl sites for hydroxylation is 3. The Morgan fingerprint density at radius 1 is 1.31 bits per heavy atom. The normalized spacial score (nSPS) is 12.9. The van der Waals surface area contributed by atoms with Crippen LogP contribution < -0.4 is 9.46 Å². The fourth-order valence-corrected chi connectivity index (χ4v) is 4.33. The average molecular weight is 376 g/mol. The number of nitrogens with one attached hydrogen (secondary N) is 1. The van der Waals surface area contributed by atoms with Crippen molar-refractivity contribution in [2.45, 2.75) is 24.8 Å². The molecule has 0 saturated heterocycles. The summed E-state index contributed by atoms with van der Waals surface area (Å²) in [4.78, 5) is 4.36. The molecule has 1 N–H and O–H groups in total. The van der Waals surface area contributed by atoms with Crippen molar-refractivity contribution >= 4 is 10.0 Å². The van der Waals surface area contributed by atoms with Crippen LogP contribution in [0.15, 0.2) is 46.1 Å². The minimum absolute atomic E-state index is 0.0413. The van der Waals surface area contributed by atoms with Crippen molar-refractivity contribution in [2.75, 3.05) is 7.11 Å². The predicted octanol–water partition coefficient (Wildman–Crippen LogP) is 2.10. The highest BCUT2D eigenvalue weighted by molar-refractivity contribution is 7.89. The maximum atomic E-state index is 13.0. The quantitative estimate of drug-likeness (QED) is 0.707. The van der Waals surface area contributed by atoms with E-state index in [0.717, 1.165) is 0 Å². The van der Waals surface area contributed by atoms with Gasteiger partial charge in [0.15, 0.2) is 5.76 Å². The van der Waals surface area contributed by atoms with Gasteiger partial charge in [-0.1, -0.05) is 17.3 Å². The Kier molecular flexibility index (Phi) is 4.84. The van der Waals surface area contributed by atoms with E-state index in [9.17, 15) is 8.42 Å². The number of hydrogen-bond acceptors (Lipinski definition) is 6. The molecule has 0 spiro atoms. The Morgan fingerprint density at radius 3 is 2.65 bits per heavy atom. The van der Waals surface area contributed by atoms with E-state index < -0.39 is 16.1 Å². The van der Waals surface area contributed by atoms with Gasteiger partial charge in [0.05, 0.1) is 7.11 Å². The molecule has 0 radical (unpaired) electrons. The van der Waals surface area contributed by atoms with Crippen molar-refractivity contribution in [1.82, 2.24) is 19.4 Å². The van der Waals surface area contributed by atoms with Crippen molar-refractivity contribution in [3.05, 3.63) is 59.5 Å². The average Bonchev–Trinajstić information content (AvgIpc) is 3.18. The molecule has 9 heteroatoms. The molecule has 3 aromatic rings. The van der Waals surface area contributed by atoms with E-state index in [1.807, 2.05) is 6.07 Å². The van der Waals surface area contributed by atoms with Gasteiger partial charge in [0.1, 0.15) is 28.2 Å². The summed E-state index contributed by atoms with van der Waals surface area (Å²) in [6, 6.07) is 6.48. The molecule has 26 heavy (non-hydrogen) atoms. The number of rotatable bonds is 6. The van der Waals surface area contributed by atoms with E-state index in [-0.39, 0.29) is 10.7 Å². The molecule has 0 aliphatic heterocycles. The number of hydrogen-bond donors (Lipinski definition) is 1. The summed E-state index contributed by atoms with van der Waals surface area (Å²) in [5.41, 5.74) is 1.01. The maximum absolute atomic E-state index is 13.0. The van der Waals surface area contributed by atoms with Gasteiger partial charge < -0.3 is 13.8 Å². The highest BCUT2D eigenvalue weighted by atomic mass is 32.2. The third-order valence-corrected chi connectivity index (χ3v) is 5.72. The molecular formula is C17H20N4O4S. The Morgan fingerprint density at radius 2 is 2.08 bits per heavy atom. The van der Waals surface area contributed by atoms with Gasteiger partial charge in [-0.3, -0.25) is 0 Å². The fraction of sp³-hybridized carbons (Fsp3) is 0.294. The second kappa shape index (κ2) is 6.93. The number of aromatic nitrogens is 3. The first-order valence-corrected chi connectivity index (χ1v) is 9.38. The van der Waals surface area contributed by atoms with Crippen LogP contribution in [-0.4, -0.2) is 30.2 Å². The fourth-order valence-electron chi connectivity index (χ4n) is 2.82. The number of imidazole rings is 1. The number of ether oxygens (including phenoxy) is 1. The first-order valence-electron chi connectivity index (χ1n) is 7.90. The molecular weight excluding hydrogens is 356 g/mol. The molecule has 0 aliphatic rings. The summed E-state index contributed by atoms with van der Waals surface area (Å²) in [6.07, 6.45) is 3.37. The smallest absolute Gasteiger partial charge is 0.246 e. The molecule has 0 fully saturated rings. The maximum Gasteiger partial charge on any atom is 0.246 e. The van der Waals surface area contributed by atoms with Gasteiger partial charge in [-0.25, -0.2) is 13.4 Å². The van der Waals surface area contributed by atoms with Crippen molar-refractivity contribution < 1.29 is 17.7 Å². The Labute approximate surface area is 151 Å². The summed E-state index contributed by atoms with van der Waals surface area (Å²) >= 11 is 0. The van der Waals surface area contributed by atoms with E-state index in [2.05, 4.69) is 14.9 Å². The van der Waals surface area contributed by atoms with Crippen LogP contribution in [0.5, 0.6) is 5.75 Å². The predicted molar refractivity (Wildman–Crippen MR) is 94.3 cm³/mol. The first-order chi connectivity index (χ1) is 12.3. The van der Waals surface area contributed by atoms with Crippen LogP contribution in [0.25, 0.3) is 0 Å². The van der Waals surface area contributed by atoms with Gasteiger partial charge >= 0.3 is 0 Å². The largest absolute Gasteiger partial charge is 0.497 e. The Balaban J connectivity index is 2.09. The molecule has 8 nitrogen and oxygen atoms in total. The molecule has 1 atom stereocenters. The van der Waals surface area contributed by atoms with E-state index in [4.69, 9.17) is 9.26 Å². The van der Waals surface area contributed by atoms with Gasteiger partial charge in [-0.15, -0.1) is 0 Å². The van der Waals surface area contributed by atoms with E-state index >= 15 is 0 Å². The zero-order chi connectivity index (χ0) is 18.9. The number of benzene rings is 1. The molecule has 2 aromatic heterocycles. The highest BCUT2D eigenvalue weighted by Gasteiger charge is 2.30. The lowest BCUT2D eigenvalue weighted by atomic mass is 10.1. The van der Waals surface area contributed by atoms with Gasteiger partial charge in [-0.2, -0.15) is 4.72 Å². The molecule has 1 aromatic carbocycles. The minimum Gasteiger partial charge on any atom is -0.497 e. The van der Waals surface area contributed by atoms with Gasteiger partial charge in [0.2, 0.25) is 10.0 Å². The molecule has 0 unspecified atom stereocenters. The van der Waals surface area contributed by atoms with Crippen LogP contribution in [0.1, 0.15) is 28.9 Å². The van der Waals surface area contributed by atoms with E-state index in [1.165, 1.54) is 0 Å². The molecule has 138 valence electrons. The monoisotopic (exact) mass is 376 g/mol. The highest BCUT2D eigenvalue weighted by Crippen LogP contribution is 2.27. The Bertz CT molecular complexity index is 1000. The van der Waals surface area contributed by atoms with E-state index in [1.54, 1.807) is 63.2 Å². The molecule has 0 saturated carbocycles. The Hall–Kier alpha value is -2.65. The molecule has 2 heterocycles. The van der Waals surface area contributed by atoms with Crippen molar-refractivity contribution in [2.24, 2.45) is 7.05 Å². The second-order valence-electron chi connectivity index (χ2n) is 5.88. The van der Waals surface area contributed by atoms with Gasteiger partial charge in [0.25, 0.3) is 0 Å². The zero-order valence-electron chi connectivity index (χ0n) is 14.9. The summed E-state index contributed by atoms with van der Waals surface area (Å²) < 4.78 is 40.8. The van der Waals surface area contributed by atoms with Crippen molar-refractivity contribution in [1.29, 1.82) is 0 Å². The zero-order valence-corrected chi connectivity index (χ0v) is 15.7. The summed E-state index contributed by atoms with van der Waals surface area (Å²) in [5.74, 6) is 1.41. The molecule has 0 amide bonds. The molecule has 0 aliphatic carbocycles. The van der Waals surface area contributed by atoms with Crippen LogP contribution >= 0.6 is 0 Å². The standard InChI is InChI=1S/C17H20N4O4S/c1-11-16(12(2)25-19-11)26(22,23)20-15(17-18-8-9-21(17)3)13-6-5-7-14(10-13)24-4/h5-10,15,20H,1-4H3/t15-/m1/s1.